The minimum absolute atomic E-state index is 0.106. The van der Waals surface area contributed by atoms with E-state index in [-0.39, 0.29) is 25.7 Å². The molecule has 0 heterocycles. The molecule has 0 fully saturated rings. The molecule has 3 N–H and O–H groups in total. The molecule has 624 valence electrons. The minimum atomic E-state index is -4.97. The average Bonchev–Trinajstić information content (AvgIpc) is 0.938. The molecule has 0 saturated carbocycles. The Balaban J connectivity index is 5.25. The lowest BCUT2D eigenvalue weighted by molar-refractivity contribution is -0.161. The van der Waals surface area contributed by atoms with Crippen molar-refractivity contribution in [1.29, 1.82) is 0 Å². The quantitative estimate of drug-likeness (QED) is 0.0222. The van der Waals surface area contributed by atoms with Gasteiger partial charge in [-0.25, -0.2) is 9.13 Å². The first-order valence-corrected chi connectivity index (χ1v) is 47.2. The van der Waals surface area contributed by atoms with Crippen LogP contribution in [0.15, 0.2) is 0 Å². The number of aliphatic hydroxyl groups excluding tert-OH is 1. The number of carbonyl (C=O) groups excluding carboxylic acids is 4. The van der Waals surface area contributed by atoms with Crippen LogP contribution in [0.1, 0.15) is 447 Å². The van der Waals surface area contributed by atoms with Crippen LogP contribution in [0.4, 0.5) is 0 Å². The van der Waals surface area contributed by atoms with Gasteiger partial charge in [0.05, 0.1) is 26.4 Å². The molecular weight excluding hydrogens is 1370 g/mol. The average molecular weight is 1540 g/mol. The second-order valence-electron chi connectivity index (χ2n) is 32.6. The number of carbonyl (C=O) groups is 4. The summed E-state index contributed by atoms with van der Waals surface area (Å²) in [4.78, 5) is 73.2. The van der Waals surface area contributed by atoms with Crippen LogP contribution in [0, 0.1) is 23.7 Å². The number of esters is 4. The fraction of sp³-hybridized carbons (Fsp3) is 0.953. The Labute approximate surface area is 645 Å². The smallest absolute Gasteiger partial charge is 0.462 e. The van der Waals surface area contributed by atoms with Crippen molar-refractivity contribution in [3.63, 3.8) is 0 Å². The van der Waals surface area contributed by atoms with Gasteiger partial charge in [-0.1, -0.05) is 396 Å². The molecule has 6 atom stereocenters. The Morgan fingerprint density at radius 3 is 0.676 bits per heavy atom. The summed E-state index contributed by atoms with van der Waals surface area (Å²) in [5.41, 5.74) is 0. The third kappa shape index (κ3) is 78.5. The Hall–Kier alpha value is -1.94. The normalized spacial score (nSPS) is 14.2. The van der Waals surface area contributed by atoms with E-state index in [0.29, 0.717) is 25.7 Å². The molecule has 0 rings (SSSR count). The van der Waals surface area contributed by atoms with Crippen LogP contribution in [0.5, 0.6) is 0 Å². The summed E-state index contributed by atoms with van der Waals surface area (Å²) >= 11 is 0. The number of rotatable bonds is 83. The zero-order valence-electron chi connectivity index (χ0n) is 69.4. The summed E-state index contributed by atoms with van der Waals surface area (Å²) in [6.45, 7) is 14.4. The minimum Gasteiger partial charge on any atom is -0.462 e. The van der Waals surface area contributed by atoms with E-state index in [1.54, 1.807) is 0 Å². The fourth-order valence-electron chi connectivity index (χ4n) is 13.3. The van der Waals surface area contributed by atoms with E-state index in [2.05, 4.69) is 55.4 Å². The fourth-order valence-corrected chi connectivity index (χ4v) is 14.9. The third-order valence-corrected chi connectivity index (χ3v) is 22.3. The van der Waals surface area contributed by atoms with Gasteiger partial charge in [-0.3, -0.25) is 37.3 Å². The van der Waals surface area contributed by atoms with Crippen LogP contribution in [-0.2, 0) is 65.4 Å². The lowest BCUT2D eigenvalue weighted by Crippen LogP contribution is -2.30. The lowest BCUT2D eigenvalue weighted by Gasteiger charge is -2.21. The summed E-state index contributed by atoms with van der Waals surface area (Å²) in [5.74, 6) is 1.07. The molecule has 0 spiro atoms. The highest BCUT2D eigenvalue weighted by molar-refractivity contribution is 7.47. The number of unbranched alkanes of at least 4 members (excludes halogenated alkanes) is 48. The zero-order chi connectivity index (χ0) is 77.4. The summed E-state index contributed by atoms with van der Waals surface area (Å²) in [7, 11) is -9.93. The molecule has 17 nitrogen and oxygen atoms in total. The summed E-state index contributed by atoms with van der Waals surface area (Å²) in [6, 6.07) is 0. The van der Waals surface area contributed by atoms with Crippen LogP contribution in [0.3, 0.4) is 0 Å². The molecule has 105 heavy (non-hydrogen) atoms. The van der Waals surface area contributed by atoms with Crippen LogP contribution in [0.25, 0.3) is 0 Å². The number of ether oxygens (including phenoxy) is 4. The molecule has 0 aromatic heterocycles. The van der Waals surface area contributed by atoms with Crippen molar-refractivity contribution in [3.05, 3.63) is 0 Å². The van der Waals surface area contributed by atoms with E-state index < -0.39 is 97.5 Å². The molecule has 0 saturated heterocycles. The second-order valence-corrected chi connectivity index (χ2v) is 35.5. The number of phosphoric ester groups is 2. The molecule has 0 radical (unpaired) electrons. The number of hydrogen-bond acceptors (Lipinski definition) is 15. The van der Waals surface area contributed by atoms with E-state index in [9.17, 15) is 43.2 Å². The Morgan fingerprint density at radius 2 is 0.457 bits per heavy atom. The largest absolute Gasteiger partial charge is 0.472 e. The van der Waals surface area contributed by atoms with Crippen molar-refractivity contribution >= 4 is 39.5 Å². The topological polar surface area (TPSA) is 237 Å². The lowest BCUT2D eigenvalue weighted by atomic mass is 9.99. The molecular formula is C86H168O17P2. The Bertz CT molecular complexity index is 2040. The summed E-state index contributed by atoms with van der Waals surface area (Å²) < 4.78 is 68.9. The van der Waals surface area contributed by atoms with Gasteiger partial charge in [-0.2, -0.15) is 0 Å². The van der Waals surface area contributed by atoms with Gasteiger partial charge in [0, 0.05) is 25.7 Å². The highest BCUT2D eigenvalue weighted by Crippen LogP contribution is 2.45. The van der Waals surface area contributed by atoms with Crippen molar-refractivity contribution in [3.8, 4) is 0 Å². The van der Waals surface area contributed by atoms with Crippen LogP contribution in [-0.4, -0.2) is 96.7 Å². The van der Waals surface area contributed by atoms with Gasteiger partial charge in [0.2, 0.25) is 0 Å². The highest BCUT2D eigenvalue weighted by atomic mass is 31.2. The monoisotopic (exact) mass is 1540 g/mol. The van der Waals surface area contributed by atoms with Gasteiger partial charge in [0.15, 0.2) is 12.2 Å². The first kappa shape index (κ1) is 103. The van der Waals surface area contributed by atoms with Gasteiger partial charge in [-0.15, -0.1) is 0 Å². The molecule has 0 aliphatic heterocycles. The SMILES string of the molecule is CCC(C)CCCCCCCCCCCCCCCCCCCCC(=O)O[C@H](COC(=O)CCCCCCCCCCCCCCCCC(C)C)COP(=O)(O)OC[C@@H](O)COP(=O)(O)OC[C@@H](COC(=O)CCCCCCCCCCCCC(C)C)OC(=O)CCCCCCCCCCCCC(C)C. The van der Waals surface area contributed by atoms with Gasteiger partial charge in [0.1, 0.15) is 19.3 Å². The predicted octanol–water partition coefficient (Wildman–Crippen LogP) is 25.9. The Morgan fingerprint density at radius 1 is 0.267 bits per heavy atom. The van der Waals surface area contributed by atoms with Gasteiger partial charge >= 0.3 is 39.5 Å². The molecule has 19 heteroatoms. The number of phosphoric acid groups is 2. The van der Waals surface area contributed by atoms with Gasteiger partial charge < -0.3 is 33.8 Å². The molecule has 0 amide bonds. The zero-order valence-corrected chi connectivity index (χ0v) is 71.2. The van der Waals surface area contributed by atoms with Gasteiger partial charge in [0.25, 0.3) is 0 Å². The van der Waals surface area contributed by atoms with Crippen molar-refractivity contribution in [2.45, 2.75) is 465 Å². The Kier molecular flexibility index (Phi) is 73.4. The van der Waals surface area contributed by atoms with Crippen molar-refractivity contribution in [1.82, 2.24) is 0 Å². The highest BCUT2D eigenvalue weighted by Gasteiger charge is 2.31. The van der Waals surface area contributed by atoms with Gasteiger partial charge in [-0.05, 0) is 49.4 Å². The third-order valence-electron chi connectivity index (χ3n) is 20.4. The van der Waals surface area contributed by atoms with Crippen LogP contribution >= 0.6 is 15.6 Å². The van der Waals surface area contributed by atoms with E-state index in [0.717, 1.165) is 114 Å². The first-order valence-electron chi connectivity index (χ1n) is 44.2. The molecule has 0 aliphatic rings. The second kappa shape index (κ2) is 74.8. The van der Waals surface area contributed by atoms with E-state index in [1.807, 2.05) is 0 Å². The standard InChI is InChI=1S/C86H168O17P2/c1-9-79(8)65-57-49-41-33-23-19-14-12-10-11-13-15-21-25-36-44-52-60-68-85(90)102-81(72-96-83(88)66-58-50-42-34-24-20-17-16-18-22-30-38-46-54-62-76(2)3)74-100-104(92,93)98-70-80(87)71-99-105(94,95)101-75-82(103-86(91)69-61-53-45-37-29-27-32-40-48-56-64-78(6)7)73-97-84(89)67-59-51-43-35-28-26-31-39-47-55-63-77(4)5/h76-82,87H,9-75H2,1-8H3,(H,92,93)(H,94,95)/t79?,80-,81-,82-/m1/s1. The molecule has 0 aromatic carbocycles. The van der Waals surface area contributed by atoms with Crippen molar-refractivity contribution in [2.24, 2.45) is 23.7 Å². The maximum atomic E-state index is 13.1. The molecule has 3 unspecified atom stereocenters. The molecule has 0 aliphatic carbocycles. The maximum absolute atomic E-state index is 13.1. The summed E-state index contributed by atoms with van der Waals surface area (Å²) in [5, 5.41) is 10.7. The maximum Gasteiger partial charge on any atom is 0.472 e. The molecule has 0 aromatic rings. The van der Waals surface area contributed by atoms with Crippen LogP contribution in [0.2, 0.25) is 0 Å². The van der Waals surface area contributed by atoms with E-state index in [1.165, 1.54) is 250 Å². The van der Waals surface area contributed by atoms with Crippen LogP contribution < -0.4 is 0 Å². The molecule has 0 bridgehead atoms. The number of hydrogen-bond donors (Lipinski definition) is 3. The van der Waals surface area contributed by atoms with E-state index >= 15 is 0 Å². The van der Waals surface area contributed by atoms with Crippen molar-refractivity contribution in [2.75, 3.05) is 39.6 Å². The predicted molar refractivity (Wildman–Crippen MR) is 432 cm³/mol. The van der Waals surface area contributed by atoms with E-state index in [4.69, 9.17) is 37.0 Å². The first-order chi connectivity index (χ1) is 50.6. The number of aliphatic hydroxyl groups is 1. The summed E-state index contributed by atoms with van der Waals surface area (Å²) in [6.07, 6.45) is 63.8. The van der Waals surface area contributed by atoms with Crippen molar-refractivity contribution < 1.29 is 80.2 Å².